The summed E-state index contributed by atoms with van der Waals surface area (Å²) in [6.07, 6.45) is 3.00. The SMILES string of the molecule is CO[C@H]1COC[C@@H]1N=CC([B]OC(C)(C)C(C)(C)O)=CN. The lowest BCUT2D eigenvalue weighted by atomic mass is 9.83. The topological polar surface area (TPSA) is 86.3 Å². The Labute approximate surface area is 127 Å². The average Bonchev–Trinajstić information content (AvgIpc) is 2.85. The van der Waals surface area contributed by atoms with Crippen LogP contribution in [0.15, 0.2) is 16.7 Å². The van der Waals surface area contributed by atoms with E-state index < -0.39 is 11.2 Å². The number of aliphatic imine (C=N–C) groups is 1. The first kappa shape index (κ1) is 18.2. The number of hydrogen-bond acceptors (Lipinski definition) is 6. The second kappa shape index (κ2) is 7.40. The minimum atomic E-state index is -0.985. The average molecular weight is 297 g/mol. The standard InChI is InChI=1S/C14H26BN2O4/c1-13(2,18)14(3,4)21-15-10(6-16)7-17-11-8-20-9-12(11)19-5/h6-7,11-12,18H,8-9,16H2,1-5H3/t11-,12-/m0/s1. The second-order valence-electron chi connectivity index (χ2n) is 6.13. The highest BCUT2D eigenvalue weighted by atomic mass is 16.5. The van der Waals surface area contributed by atoms with Crippen LogP contribution < -0.4 is 5.73 Å². The van der Waals surface area contributed by atoms with Crippen molar-refractivity contribution in [2.75, 3.05) is 20.3 Å². The van der Waals surface area contributed by atoms with Crippen molar-refractivity contribution in [2.45, 2.75) is 51.0 Å². The highest BCUT2D eigenvalue weighted by molar-refractivity contribution is 6.46. The molecule has 1 heterocycles. The molecule has 1 rings (SSSR count). The van der Waals surface area contributed by atoms with Gasteiger partial charge in [-0.3, -0.25) is 4.99 Å². The van der Waals surface area contributed by atoms with Gasteiger partial charge in [-0.05, 0) is 39.4 Å². The summed E-state index contributed by atoms with van der Waals surface area (Å²) in [7, 11) is 3.14. The maximum absolute atomic E-state index is 10.0. The molecule has 0 saturated carbocycles. The minimum Gasteiger partial charge on any atom is -0.427 e. The molecule has 6 nitrogen and oxygen atoms in total. The van der Waals surface area contributed by atoms with Crippen molar-refractivity contribution in [1.29, 1.82) is 0 Å². The number of methoxy groups -OCH3 is 1. The summed E-state index contributed by atoms with van der Waals surface area (Å²) < 4.78 is 16.2. The molecule has 0 aromatic rings. The van der Waals surface area contributed by atoms with Gasteiger partial charge in [-0.1, -0.05) is 0 Å². The lowest BCUT2D eigenvalue weighted by Crippen LogP contribution is -2.48. The molecule has 2 atom stereocenters. The predicted molar refractivity (Wildman–Crippen MR) is 83.4 cm³/mol. The van der Waals surface area contributed by atoms with Crippen LogP contribution in [0.3, 0.4) is 0 Å². The van der Waals surface area contributed by atoms with E-state index in [-0.39, 0.29) is 12.1 Å². The van der Waals surface area contributed by atoms with Gasteiger partial charge in [-0.2, -0.15) is 0 Å². The number of ether oxygens (including phenoxy) is 2. The Morgan fingerprint density at radius 1 is 1.38 bits per heavy atom. The van der Waals surface area contributed by atoms with E-state index in [0.717, 1.165) is 0 Å². The summed E-state index contributed by atoms with van der Waals surface area (Å²) >= 11 is 0. The Hall–Kier alpha value is -0.885. The summed E-state index contributed by atoms with van der Waals surface area (Å²) in [6.45, 7) is 8.08. The number of hydrogen-bond donors (Lipinski definition) is 2. The number of nitrogens with zero attached hydrogens (tertiary/aromatic N) is 1. The van der Waals surface area contributed by atoms with Gasteiger partial charge >= 0.3 is 7.48 Å². The summed E-state index contributed by atoms with van der Waals surface area (Å²) in [4.78, 5) is 4.41. The van der Waals surface area contributed by atoms with Crippen molar-refractivity contribution in [3.8, 4) is 0 Å². The number of rotatable bonds is 7. The highest BCUT2D eigenvalue weighted by Crippen LogP contribution is 2.24. The van der Waals surface area contributed by atoms with Crippen LogP contribution in [0, 0.1) is 0 Å². The van der Waals surface area contributed by atoms with Gasteiger partial charge in [0.2, 0.25) is 0 Å². The van der Waals surface area contributed by atoms with Crippen LogP contribution in [0.2, 0.25) is 0 Å². The van der Waals surface area contributed by atoms with Crippen LogP contribution in [0.25, 0.3) is 0 Å². The van der Waals surface area contributed by atoms with Gasteiger partial charge in [0.1, 0.15) is 12.1 Å². The van der Waals surface area contributed by atoms with Crippen molar-refractivity contribution in [3.63, 3.8) is 0 Å². The summed E-state index contributed by atoms with van der Waals surface area (Å²) in [6, 6.07) is -0.0411. The van der Waals surface area contributed by atoms with Gasteiger partial charge < -0.3 is 25.0 Å². The van der Waals surface area contributed by atoms with Gasteiger partial charge in [0, 0.05) is 13.3 Å². The highest BCUT2D eigenvalue weighted by Gasteiger charge is 2.35. The molecule has 1 radical (unpaired) electrons. The van der Waals surface area contributed by atoms with Crippen molar-refractivity contribution < 1.29 is 19.2 Å². The van der Waals surface area contributed by atoms with Crippen LogP contribution in [0.1, 0.15) is 27.7 Å². The van der Waals surface area contributed by atoms with E-state index in [0.29, 0.717) is 18.7 Å². The summed E-state index contributed by atoms with van der Waals surface area (Å²) in [5.41, 5.74) is 4.46. The molecule has 1 saturated heterocycles. The molecule has 21 heavy (non-hydrogen) atoms. The van der Waals surface area contributed by atoms with E-state index in [1.165, 1.54) is 13.7 Å². The molecule has 1 fully saturated rings. The molecule has 1 aliphatic heterocycles. The minimum absolute atomic E-state index is 0.0333. The zero-order valence-corrected chi connectivity index (χ0v) is 13.5. The van der Waals surface area contributed by atoms with E-state index in [2.05, 4.69) is 4.99 Å². The molecule has 0 spiro atoms. The van der Waals surface area contributed by atoms with Gasteiger partial charge in [0.15, 0.2) is 0 Å². The van der Waals surface area contributed by atoms with E-state index in [1.54, 1.807) is 41.0 Å². The van der Waals surface area contributed by atoms with Crippen LogP contribution in [0.5, 0.6) is 0 Å². The molecule has 0 unspecified atom stereocenters. The van der Waals surface area contributed by atoms with Crippen molar-refractivity contribution in [3.05, 3.63) is 11.7 Å². The third kappa shape index (κ3) is 5.11. The second-order valence-corrected chi connectivity index (χ2v) is 6.13. The Morgan fingerprint density at radius 2 is 2.05 bits per heavy atom. The van der Waals surface area contributed by atoms with E-state index in [1.807, 2.05) is 0 Å². The van der Waals surface area contributed by atoms with Crippen molar-refractivity contribution >= 4 is 13.7 Å². The summed E-state index contributed by atoms with van der Waals surface area (Å²) in [5, 5.41) is 10.0. The van der Waals surface area contributed by atoms with Crippen LogP contribution >= 0.6 is 0 Å². The fourth-order valence-corrected chi connectivity index (χ4v) is 1.54. The third-order valence-electron chi connectivity index (χ3n) is 3.87. The lowest BCUT2D eigenvalue weighted by Gasteiger charge is -2.37. The number of aliphatic hydroxyl groups is 1. The monoisotopic (exact) mass is 297 g/mol. The molecule has 0 aliphatic carbocycles. The first-order chi connectivity index (χ1) is 9.71. The normalized spacial score (nSPS) is 24.8. The number of nitrogens with two attached hydrogens (primary N) is 1. The maximum atomic E-state index is 10.0. The van der Waals surface area contributed by atoms with Crippen LogP contribution in [0.4, 0.5) is 0 Å². The zero-order chi connectivity index (χ0) is 16.1. The fraction of sp³-hybridized carbons (Fsp3) is 0.786. The molecule has 0 aromatic heterocycles. The molecule has 0 aromatic carbocycles. The first-order valence-electron chi connectivity index (χ1n) is 7.00. The van der Waals surface area contributed by atoms with Gasteiger partial charge in [0.05, 0.1) is 24.4 Å². The molecule has 7 heteroatoms. The Kier molecular flexibility index (Phi) is 6.40. The molecule has 0 amide bonds. The first-order valence-corrected chi connectivity index (χ1v) is 7.00. The van der Waals surface area contributed by atoms with Crippen molar-refractivity contribution in [2.24, 2.45) is 10.7 Å². The summed E-state index contributed by atoms with van der Waals surface area (Å²) in [5.74, 6) is 0. The predicted octanol–water partition coefficient (Wildman–Crippen LogP) is 0.456. The van der Waals surface area contributed by atoms with Crippen LogP contribution in [-0.4, -0.2) is 62.5 Å². The molecular formula is C14H26BN2O4. The Balaban J connectivity index is 2.57. The van der Waals surface area contributed by atoms with Crippen LogP contribution in [-0.2, 0) is 14.1 Å². The molecule has 1 aliphatic rings. The molecule has 3 N–H and O–H groups in total. The smallest absolute Gasteiger partial charge is 0.333 e. The quantitative estimate of drug-likeness (QED) is 0.526. The maximum Gasteiger partial charge on any atom is 0.333 e. The van der Waals surface area contributed by atoms with E-state index in [4.69, 9.17) is 19.9 Å². The number of allylic oxidation sites excluding steroid dienone is 1. The van der Waals surface area contributed by atoms with E-state index >= 15 is 0 Å². The van der Waals surface area contributed by atoms with Crippen molar-refractivity contribution in [1.82, 2.24) is 0 Å². The largest absolute Gasteiger partial charge is 0.427 e. The Bertz CT molecular complexity index is 391. The molecule has 119 valence electrons. The van der Waals surface area contributed by atoms with E-state index in [9.17, 15) is 5.11 Å². The van der Waals surface area contributed by atoms with Gasteiger partial charge in [-0.25, -0.2) is 0 Å². The third-order valence-corrected chi connectivity index (χ3v) is 3.87. The fourth-order valence-electron chi connectivity index (χ4n) is 1.54. The zero-order valence-electron chi connectivity index (χ0n) is 13.5. The van der Waals surface area contributed by atoms with Gasteiger partial charge in [-0.15, -0.1) is 0 Å². The van der Waals surface area contributed by atoms with Gasteiger partial charge in [0.25, 0.3) is 0 Å². The Morgan fingerprint density at radius 3 is 2.57 bits per heavy atom. The lowest BCUT2D eigenvalue weighted by molar-refractivity contribution is -0.0895. The molecule has 0 bridgehead atoms. The molecular weight excluding hydrogens is 271 g/mol.